The molecule has 0 fully saturated rings. The fourth-order valence-corrected chi connectivity index (χ4v) is 1.56. The zero-order valence-electron chi connectivity index (χ0n) is 9.78. The standard InChI is InChI=1S/C14H21NO/c1-2-3-4-5-6-11-15-12-13-7-9-14(16)10-8-13/h2,7-10,15-16H,1,3-6,11-12H2. The van der Waals surface area contributed by atoms with Gasteiger partial charge in [-0.15, -0.1) is 6.58 Å². The summed E-state index contributed by atoms with van der Waals surface area (Å²) in [6.45, 7) is 5.64. The topological polar surface area (TPSA) is 32.3 Å². The van der Waals surface area contributed by atoms with Crippen molar-refractivity contribution in [3.8, 4) is 5.75 Å². The first-order valence-electron chi connectivity index (χ1n) is 5.92. The highest BCUT2D eigenvalue weighted by Crippen LogP contribution is 2.09. The number of aromatic hydroxyl groups is 1. The molecule has 0 radical (unpaired) electrons. The van der Waals surface area contributed by atoms with Crippen LogP contribution in [0.2, 0.25) is 0 Å². The maximum atomic E-state index is 9.12. The van der Waals surface area contributed by atoms with Gasteiger partial charge in [0, 0.05) is 6.54 Å². The van der Waals surface area contributed by atoms with Crippen molar-refractivity contribution in [2.75, 3.05) is 6.54 Å². The van der Waals surface area contributed by atoms with Gasteiger partial charge in [-0.05, 0) is 43.5 Å². The molecule has 2 nitrogen and oxygen atoms in total. The van der Waals surface area contributed by atoms with Crippen LogP contribution in [0.25, 0.3) is 0 Å². The van der Waals surface area contributed by atoms with Gasteiger partial charge in [0.25, 0.3) is 0 Å². The first kappa shape index (κ1) is 12.8. The molecule has 16 heavy (non-hydrogen) atoms. The first-order chi connectivity index (χ1) is 7.83. The lowest BCUT2D eigenvalue weighted by Crippen LogP contribution is -2.14. The molecular formula is C14H21NO. The summed E-state index contributed by atoms with van der Waals surface area (Å²) in [6.07, 6.45) is 6.81. The van der Waals surface area contributed by atoms with Gasteiger partial charge in [0.2, 0.25) is 0 Å². The molecule has 0 aliphatic heterocycles. The summed E-state index contributed by atoms with van der Waals surface area (Å²) in [7, 11) is 0. The quantitative estimate of drug-likeness (QED) is 0.519. The molecule has 2 heteroatoms. The van der Waals surface area contributed by atoms with E-state index in [-0.39, 0.29) is 0 Å². The Morgan fingerprint density at radius 2 is 1.88 bits per heavy atom. The summed E-state index contributed by atoms with van der Waals surface area (Å²) in [5.41, 5.74) is 1.21. The molecule has 1 aromatic carbocycles. The number of hydrogen-bond donors (Lipinski definition) is 2. The molecular weight excluding hydrogens is 198 g/mol. The van der Waals surface area contributed by atoms with E-state index in [1.807, 2.05) is 18.2 Å². The molecule has 0 aromatic heterocycles. The number of allylic oxidation sites excluding steroid dienone is 1. The zero-order chi connectivity index (χ0) is 11.6. The number of hydrogen-bond acceptors (Lipinski definition) is 2. The molecule has 0 saturated carbocycles. The predicted octanol–water partition coefficient (Wildman–Crippen LogP) is 3.23. The Labute approximate surface area is 98.0 Å². The van der Waals surface area contributed by atoms with E-state index in [1.165, 1.54) is 24.8 Å². The van der Waals surface area contributed by atoms with Gasteiger partial charge in [-0.2, -0.15) is 0 Å². The third kappa shape index (κ3) is 5.56. The highest BCUT2D eigenvalue weighted by molar-refractivity contribution is 5.25. The average molecular weight is 219 g/mol. The molecule has 0 atom stereocenters. The van der Waals surface area contributed by atoms with E-state index in [9.17, 15) is 0 Å². The van der Waals surface area contributed by atoms with Crippen molar-refractivity contribution in [3.05, 3.63) is 42.5 Å². The van der Waals surface area contributed by atoms with Crippen molar-refractivity contribution < 1.29 is 5.11 Å². The Morgan fingerprint density at radius 1 is 1.12 bits per heavy atom. The summed E-state index contributed by atoms with van der Waals surface area (Å²) >= 11 is 0. The number of nitrogens with one attached hydrogen (secondary N) is 1. The third-order valence-corrected chi connectivity index (χ3v) is 2.53. The number of unbranched alkanes of at least 4 members (excludes halogenated alkanes) is 3. The van der Waals surface area contributed by atoms with Crippen LogP contribution >= 0.6 is 0 Å². The highest BCUT2D eigenvalue weighted by atomic mass is 16.3. The van der Waals surface area contributed by atoms with Gasteiger partial charge in [-0.1, -0.05) is 24.6 Å². The van der Waals surface area contributed by atoms with E-state index in [1.54, 1.807) is 12.1 Å². The lowest BCUT2D eigenvalue weighted by molar-refractivity contribution is 0.475. The minimum absolute atomic E-state index is 0.327. The zero-order valence-corrected chi connectivity index (χ0v) is 9.78. The van der Waals surface area contributed by atoms with E-state index in [2.05, 4.69) is 11.9 Å². The van der Waals surface area contributed by atoms with E-state index < -0.39 is 0 Å². The maximum absolute atomic E-state index is 9.12. The number of benzene rings is 1. The Bertz CT molecular complexity index is 292. The third-order valence-electron chi connectivity index (χ3n) is 2.53. The average Bonchev–Trinajstić information content (AvgIpc) is 2.30. The van der Waals surface area contributed by atoms with Gasteiger partial charge in [0.15, 0.2) is 0 Å². The molecule has 0 saturated heterocycles. The van der Waals surface area contributed by atoms with Crippen LogP contribution in [0.4, 0.5) is 0 Å². The second-order valence-corrected chi connectivity index (χ2v) is 3.98. The van der Waals surface area contributed by atoms with Crippen molar-refractivity contribution >= 4 is 0 Å². The smallest absolute Gasteiger partial charge is 0.115 e. The summed E-state index contributed by atoms with van der Waals surface area (Å²) in [6, 6.07) is 7.34. The molecule has 0 bridgehead atoms. The van der Waals surface area contributed by atoms with Crippen LogP contribution < -0.4 is 5.32 Å². The molecule has 0 aliphatic rings. The van der Waals surface area contributed by atoms with E-state index in [0.29, 0.717) is 5.75 Å². The monoisotopic (exact) mass is 219 g/mol. The summed E-state index contributed by atoms with van der Waals surface area (Å²) in [5, 5.41) is 12.5. The Hall–Kier alpha value is -1.28. The van der Waals surface area contributed by atoms with Crippen LogP contribution in [0.3, 0.4) is 0 Å². The second-order valence-electron chi connectivity index (χ2n) is 3.98. The fraction of sp³-hybridized carbons (Fsp3) is 0.429. The molecule has 2 N–H and O–H groups in total. The SMILES string of the molecule is C=CCCCCCNCc1ccc(O)cc1. The minimum Gasteiger partial charge on any atom is -0.508 e. The van der Waals surface area contributed by atoms with Crippen LogP contribution in [0.15, 0.2) is 36.9 Å². The molecule has 88 valence electrons. The van der Waals surface area contributed by atoms with Gasteiger partial charge in [0.1, 0.15) is 5.75 Å². The summed E-state index contributed by atoms with van der Waals surface area (Å²) in [5.74, 6) is 0.327. The van der Waals surface area contributed by atoms with Crippen LogP contribution in [0.1, 0.15) is 31.2 Å². The first-order valence-corrected chi connectivity index (χ1v) is 5.92. The number of phenolic OH excluding ortho intramolecular Hbond substituents is 1. The minimum atomic E-state index is 0.327. The number of phenols is 1. The molecule has 1 aromatic rings. The van der Waals surface area contributed by atoms with Crippen LogP contribution in [-0.2, 0) is 6.54 Å². The van der Waals surface area contributed by atoms with Crippen molar-refractivity contribution in [2.45, 2.75) is 32.2 Å². The maximum Gasteiger partial charge on any atom is 0.115 e. The molecule has 0 amide bonds. The molecule has 0 aliphatic carbocycles. The lowest BCUT2D eigenvalue weighted by Gasteiger charge is -2.04. The predicted molar refractivity (Wildman–Crippen MR) is 68.5 cm³/mol. The van der Waals surface area contributed by atoms with Gasteiger partial charge < -0.3 is 10.4 Å². The molecule has 0 unspecified atom stereocenters. The highest BCUT2D eigenvalue weighted by Gasteiger charge is 1.93. The Kier molecular flexibility index (Phi) is 6.35. The van der Waals surface area contributed by atoms with Crippen molar-refractivity contribution in [2.24, 2.45) is 0 Å². The van der Waals surface area contributed by atoms with E-state index in [4.69, 9.17) is 5.11 Å². The van der Waals surface area contributed by atoms with Crippen LogP contribution in [0.5, 0.6) is 5.75 Å². The molecule has 0 spiro atoms. The lowest BCUT2D eigenvalue weighted by atomic mass is 10.2. The van der Waals surface area contributed by atoms with Crippen LogP contribution in [0, 0.1) is 0 Å². The van der Waals surface area contributed by atoms with Crippen LogP contribution in [-0.4, -0.2) is 11.7 Å². The Balaban J connectivity index is 2.02. The van der Waals surface area contributed by atoms with E-state index >= 15 is 0 Å². The normalized spacial score (nSPS) is 10.2. The molecule has 0 heterocycles. The van der Waals surface area contributed by atoms with Gasteiger partial charge >= 0.3 is 0 Å². The summed E-state index contributed by atoms with van der Waals surface area (Å²) < 4.78 is 0. The number of rotatable bonds is 8. The summed E-state index contributed by atoms with van der Waals surface area (Å²) in [4.78, 5) is 0. The fourth-order valence-electron chi connectivity index (χ4n) is 1.56. The Morgan fingerprint density at radius 3 is 2.56 bits per heavy atom. The molecule has 1 rings (SSSR count). The van der Waals surface area contributed by atoms with Gasteiger partial charge in [0.05, 0.1) is 0 Å². The van der Waals surface area contributed by atoms with Gasteiger partial charge in [-0.3, -0.25) is 0 Å². The van der Waals surface area contributed by atoms with Crippen molar-refractivity contribution in [3.63, 3.8) is 0 Å². The second kappa shape index (κ2) is 7.94. The largest absolute Gasteiger partial charge is 0.508 e. The van der Waals surface area contributed by atoms with Crippen molar-refractivity contribution in [1.82, 2.24) is 5.32 Å². The van der Waals surface area contributed by atoms with E-state index in [0.717, 1.165) is 19.5 Å². The van der Waals surface area contributed by atoms with Gasteiger partial charge in [-0.25, -0.2) is 0 Å². The van der Waals surface area contributed by atoms with Crippen molar-refractivity contribution in [1.29, 1.82) is 0 Å².